The molecule has 1 amide bonds. The molecule has 0 radical (unpaired) electrons. The van der Waals surface area contributed by atoms with E-state index in [0.29, 0.717) is 25.9 Å². The second kappa shape index (κ2) is 68.1. The summed E-state index contributed by atoms with van der Waals surface area (Å²) in [6.07, 6.45) is 84.2. The molecule has 0 fully saturated rings. The molecule has 6 heteroatoms. The maximum atomic E-state index is 12.5. The quantitative estimate of drug-likeness (QED) is 0.0320. The third-order valence-corrected chi connectivity index (χ3v) is 17.1. The number of carbonyl (C=O) groups excluding carboxylic acids is 2. The van der Waals surface area contributed by atoms with Gasteiger partial charge < -0.3 is 20.3 Å². The van der Waals surface area contributed by atoms with Crippen molar-refractivity contribution in [3.63, 3.8) is 0 Å². The van der Waals surface area contributed by atoms with Gasteiger partial charge >= 0.3 is 5.97 Å². The number of aliphatic hydroxyl groups excluding tert-OH is 2. The summed E-state index contributed by atoms with van der Waals surface area (Å²) in [6.45, 7) is 4.99. The Kier molecular flexibility index (Phi) is 66.9. The van der Waals surface area contributed by atoms with Crippen LogP contribution in [-0.4, -0.2) is 47.4 Å². The lowest BCUT2D eigenvalue weighted by Crippen LogP contribution is -2.45. The molecule has 0 heterocycles. The number of nitrogens with one attached hydrogen (secondary N) is 1. The molecule has 0 bridgehead atoms. The van der Waals surface area contributed by atoms with E-state index < -0.39 is 12.1 Å². The molecule has 464 valence electrons. The number of rotatable bonds is 68. The average Bonchev–Trinajstić information content (AvgIpc) is 3.44. The lowest BCUT2D eigenvalue weighted by atomic mass is 10.0. The van der Waals surface area contributed by atoms with Gasteiger partial charge in [-0.15, -0.1) is 0 Å². The number of carbonyl (C=O) groups is 2. The number of amides is 1. The van der Waals surface area contributed by atoms with Crippen molar-refractivity contribution in [3.8, 4) is 0 Å². The Bertz CT molecular complexity index is 1180. The maximum absolute atomic E-state index is 12.5. The van der Waals surface area contributed by atoms with E-state index in [1.165, 1.54) is 340 Å². The molecule has 3 N–H and O–H groups in total. The van der Waals surface area contributed by atoms with Crippen LogP contribution < -0.4 is 5.32 Å². The van der Waals surface area contributed by atoms with Crippen molar-refractivity contribution in [1.82, 2.24) is 5.32 Å². The average molecular weight is 1100 g/mol. The fourth-order valence-electron chi connectivity index (χ4n) is 11.6. The van der Waals surface area contributed by atoms with E-state index in [-0.39, 0.29) is 18.5 Å². The number of aliphatic hydroxyl groups is 2. The Balaban J connectivity index is 3.32. The van der Waals surface area contributed by atoms with Crippen molar-refractivity contribution >= 4 is 11.9 Å². The number of ether oxygens (including phenoxy) is 1. The Morgan fingerprint density at radius 2 is 0.603 bits per heavy atom. The second-order valence-electron chi connectivity index (χ2n) is 24.9. The van der Waals surface area contributed by atoms with Gasteiger partial charge in [-0.3, -0.25) is 9.59 Å². The van der Waals surface area contributed by atoms with Crippen LogP contribution in [0.4, 0.5) is 0 Å². The first-order valence-electron chi connectivity index (χ1n) is 35.9. The van der Waals surface area contributed by atoms with Crippen molar-refractivity contribution in [2.24, 2.45) is 0 Å². The first-order valence-corrected chi connectivity index (χ1v) is 35.9. The fourth-order valence-corrected chi connectivity index (χ4v) is 11.6. The molecule has 6 nitrogen and oxygen atoms in total. The molecule has 0 aromatic carbocycles. The predicted molar refractivity (Wildman–Crippen MR) is 343 cm³/mol. The van der Waals surface area contributed by atoms with Gasteiger partial charge in [0.25, 0.3) is 0 Å². The molecule has 0 saturated heterocycles. The van der Waals surface area contributed by atoms with Crippen molar-refractivity contribution < 1.29 is 24.5 Å². The summed E-state index contributed by atoms with van der Waals surface area (Å²) in [5, 5.41) is 23.3. The zero-order valence-electron chi connectivity index (χ0n) is 53.2. The molecular weight excluding hydrogens is 959 g/mol. The Morgan fingerprint density at radius 1 is 0.346 bits per heavy atom. The molecule has 0 aliphatic rings. The molecule has 2 atom stereocenters. The van der Waals surface area contributed by atoms with Gasteiger partial charge in [-0.1, -0.05) is 360 Å². The third kappa shape index (κ3) is 63.8. The van der Waals surface area contributed by atoms with Gasteiger partial charge in [-0.25, -0.2) is 0 Å². The van der Waals surface area contributed by atoms with E-state index in [9.17, 15) is 19.8 Å². The first-order chi connectivity index (χ1) is 38.5. The Hall–Kier alpha value is -1.40. The largest absolute Gasteiger partial charge is 0.466 e. The predicted octanol–water partition coefficient (Wildman–Crippen LogP) is 23.1. The van der Waals surface area contributed by atoms with Gasteiger partial charge in [0.05, 0.1) is 25.4 Å². The first kappa shape index (κ1) is 76.6. The highest BCUT2D eigenvalue weighted by Gasteiger charge is 2.20. The number of hydrogen-bond acceptors (Lipinski definition) is 5. The van der Waals surface area contributed by atoms with Crippen molar-refractivity contribution in [3.05, 3.63) is 12.2 Å². The van der Waals surface area contributed by atoms with Crippen LogP contribution in [0.25, 0.3) is 0 Å². The minimum absolute atomic E-state index is 0.0226. The number of allylic oxidation sites excluding steroid dienone is 2. The second-order valence-corrected chi connectivity index (χ2v) is 24.9. The normalized spacial score (nSPS) is 12.5. The van der Waals surface area contributed by atoms with Crippen LogP contribution in [0.15, 0.2) is 12.2 Å². The lowest BCUT2D eigenvalue weighted by molar-refractivity contribution is -0.143. The zero-order valence-corrected chi connectivity index (χ0v) is 53.2. The van der Waals surface area contributed by atoms with E-state index in [1.807, 2.05) is 0 Å². The highest BCUT2D eigenvalue weighted by atomic mass is 16.5. The number of hydrogen-bond donors (Lipinski definition) is 3. The van der Waals surface area contributed by atoms with Crippen molar-refractivity contribution in [2.75, 3.05) is 13.2 Å². The van der Waals surface area contributed by atoms with E-state index in [1.54, 1.807) is 0 Å². The van der Waals surface area contributed by atoms with Gasteiger partial charge in [0.2, 0.25) is 5.91 Å². The monoisotopic (exact) mass is 1100 g/mol. The van der Waals surface area contributed by atoms with E-state index in [2.05, 4.69) is 31.3 Å². The van der Waals surface area contributed by atoms with Gasteiger partial charge in [0.1, 0.15) is 0 Å². The fraction of sp³-hybridized carbons (Fsp3) is 0.944. The van der Waals surface area contributed by atoms with Crippen LogP contribution >= 0.6 is 0 Å². The number of unbranched alkanes of at least 4 members (excludes halogenated alkanes) is 55. The molecule has 0 aliphatic carbocycles. The Labute approximate surface area is 489 Å². The minimum atomic E-state index is -0.661. The Morgan fingerprint density at radius 3 is 0.910 bits per heavy atom. The summed E-state index contributed by atoms with van der Waals surface area (Å²) in [5.74, 6) is -0.00780. The summed E-state index contributed by atoms with van der Waals surface area (Å²) in [4.78, 5) is 24.6. The molecule has 0 aliphatic heterocycles. The molecular formula is C72H141NO5. The SMILES string of the molecule is CCCCCCCCCCCCCCCCCCCC(=O)OCCCCCCCCCCCCCC/C=C\CCCCCCCCCCCCCCCCCC(=O)NC(CO)C(O)CCCCCCCCCCCCCCC. The summed E-state index contributed by atoms with van der Waals surface area (Å²) < 4.78 is 5.51. The van der Waals surface area contributed by atoms with Gasteiger partial charge in [-0.05, 0) is 51.4 Å². The molecule has 0 rings (SSSR count). The van der Waals surface area contributed by atoms with Crippen LogP contribution in [-0.2, 0) is 14.3 Å². The molecule has 78 heavy (non-hydrogen) atoms. The van der Waals surface area contributed by atoms with Crippen LogP contribution in [0, 0.1) is 0 Å². The van der Waals surface area contributed by atoms with Gasteiger partial charge in [-0.2, -0.15) is 0 Å². The van der Waals surface area contributed by atoms with Gasteiger partial charge in [0, 0.05) is 12.8 Å². The highest BCUT2D eigenvalue weighted by molar-refractivity contribution is 5.76. The maximum Gasteiger partial charge on any atom is 0.305 e. The minimum Gasteiger partial charge on any atom is -0.466 e. The van der Waals surface area contributed by atoms with Gasteiger partial charge in [0.15, 0.2) is 0 Å². The molecule has 0 saturated carbocycles. The third-order valence-electron chi connectivity index (χ3n) is 17.1. The van der Waals surface area contributed by atoms with Crippen LogP contribution in [0.2, 0.25) is 0 Å². The summed E-state index contributed by atoms with van der Waals surface area (Å²) in [5.41, 5.74) is 0. The van der Waals surface area contributed by atoms with E-state index in [0.717, 1.165) is 38.5 Å². The standard InChI is InChI=1S/C72H141NO5/c1-3-5-7-9-11-13-15-17-18-34-38-42-46-50-54-58-62-66-72(77)78-67-63-59-55-51-47-43-39-36-33-31-29-27-25-23-21-19-20-22-24-26-28-30-32-35-37-41-45-49-53-57-61-65-71(76)73-69(68-74)70(75)64-60-56-52-48-44-40-16-14-12-10-8-6-4-2/h21,23,69-70,74-75H,3-20,22,24-68H2,1-2H3,(H,73,76)/b23-21-. The van der Waals surface area contributed by atoms with Crippen molar-refractivity contribution in [2.45, 2.75) is 424 Å². The van der Waals surface area contributed by atoms with Crippen LogP contribution in [0.1, 0.15) is 412 Å². The highest BCUT2D eigenvalue weighted by Crippen LogP contribution is 2.19. The molecule has 0 aromatic heterocycles. The summed E-state index contributed by atoms with van der Waals surface area (Å²) >= 11 is 0. The lowest BCUT2D eigenvalue weighted by Gasteiger charge is -2.22. The van der Waals surface area contributed by atoms with Crippen LogP contribution in [0.5, 0.6) is 0 Å². The summed E-state index contributed by atoms with van der Waals surface area (Å²) in [7, 11) is 0. The smallest absolute Gasteiger partial charge is 0.305 e. The topological polar surface area (TPSA) is 95.9 Å². The number of esters is 1. The van der Waals surface area contributed by atoms with E-state index in [4.69, 9.17) is 4.74 Å². The molecule has 0 aromatic rings. The zero-order chi connectivity index (χ0) is 56.4. The van der Waals surface area contributed by atoms with E-state index >= 15 is 0 Å². The molecule has 2 unspecified atom stereocenters. The molecule has 0 spiro atoms. The van der Waals surface area contributed by atoms with Crippen LogP contribution in [0.3, 0.4) is 0 Å². The summed E-state index contributed by atoms with van der Waals surface area (Å²) in [6, 6.07) is -0.538. The van der Waals surface area contributed by atoms with Crippen molar-refractivity contribution in [1.29, 1.82) is 0 Å².